The van der Waals surface area contributed by atoms with E-state index in [9.17, 15) is 0 Å². The molecule has 2 N–H and O–H groups in total. The average molecular weight is 299 g/mol. The van der Waals surface area contributed by atoms with E-state index in [1.54, 1.807) is 11.8 Å². The first-order valence-electron chi connectivity index (χ1n) is 7.06. The molecule has 6 nitrogen and oxygen atoms in total. The summed E-state index contributed by atoms with van der Waals surface area (Å²) in [5.41, 5.74) is 6.05. The molecule has 7 heteroatoms. The quantitative estimate of drug-likeness (QED) is 0.825. The van der Waals surface area contributed by atoms with E-state index in [0.29, 0.717) is 11.9 Å². The smallest absolute Gasteiger partial charge is 0.243 e. The van der Waals surface area contributed by atoms with Gasteiger partial charge < -0.3 is 20.1 Å². The zero-order chi connectivity index (χ0) is 14.5. The van der Waals surface area contributed by atoms with E-state index < -0.39 is 0 Å². The zero-order valence-corrected chi connectivity index (χ0v) is 13.4. The Morgan fingerprint density at radius 1 is 1.45 bits per heavy atom. The molecule has 2 atom stereocenters. The minimum atomic E-state index is -0.143. The normalized spacial score (nSPS) is 23.1. The fourth-order valence-electron chi connectivity index (χ4n) is 2.40. The van der Waals surface area contributed by atoms with Gasteiger partial charge in [-0.05, 0) is 32.5 Å². The number of hydrogen-bond donors (Lipinski definition) is 1. The van der Waals surface area contributed by atoms with Crippen LogP contribution in [0.3, 0.4) is 0 Å². The van der Waals surface area contributed by atoms with Crippen LogP contribution >= 0.6 is 11.8 Å². The van der Waals surface area contributed by atoms with Crippen molar-refractivity contribution in [2.24, 2.45) is 5.73 Å². The summed E-state index contributed by atoms with van der Waals surface area (Å²) in [4.78, 5) is 9.17. The van der Waals surface area contributed by atoms with Crippen molar-refractivity contribution in [1.29, 1.82) is 0 Å². The molecule has 0 aromatic carbocycles. The number of nitrogens with zero attached hydrogens (tertiary/aromatic N) is 4. The molecule has 1 unspecified atom stereocenters. The molecular formula is C13H25N5OS. The molecule has 1 aromatic rings. The molecule has 114 valence electrons. The van der Waals surface area contributed by atoms with Crippen molar-refractivity contribution in [3.8, 4) is 0 Å². The lowest BCUT2D eigenvalue weighted by Gasteiger charge is -2.37. The van der Waals surface area contributed by atoms with Gasteiger partial charge in [-0.2, -0.15) is 16.7 Å². The standard InChI is InChI=1S/C13H25N5OS/c1-17-5-6-18(2)10(9-17)8-12-15-13(19-16-12)11(14)4-7-20-3/h10-11H,4-9,14H2,1-3H3/t10?,11-/m1/s1. The van der Waals surface area contributed by atoms with E-state index >= 15 is 0 Å². The maximum Gasteiger partial charge on any atom is 0.243 e. The first-order chi connectivity index (χ1) is 9.60. The maximum absolute atomic E-state index is 6.05. The summed E-state index contributed by atoms with van der Waals surface area (Å²) in [6.45, 7) is 3.24. The van der Waals surface area contributed by atoms with Gasteiger partial charge in [-0.25, -0.2) is 0 Å². The van der Waals surface area contributed by atoms with Gasteiger partial charge in [-0.15, -0.1) is 0 Å². The van der Waals surface area contributed by atoms with Crippen LogP contribution in [-0.4, -0.2) is 71.7 Å². The highest BCUT2D eigenvalue weighted by atomic mass is 32.2. The van der Waals surface area contributed by atoms with Crippen molar-refractivity contribution in [2.45, 2.75) is 24.9 Å². The fourth-order valence-corrected chi connectivity index (χ4v) is 2.89. The Morgan fingerprint density at radius 2 is 2.25 bits per heavy atom. The van der Waals surface area contributed by atoms with Gasteiger partial charge in [0.25, 0.3) is 0 Å². The number of thioether (sulfide) groups is 1. The predicted molar refractivity (Wildman–Crippen MR) is 81.8 cm³/mol. The van der Waals surface area contributed by atoms with Crippen molar-refractivity contribution in [3.63, 3.8) is 0 Å². The van der Waals surface area contributed by atoms with Crippen LogP contribution in [0.15, 0.2) is 4.52 Å². The molecule has 0 spiro atoms. The molecule has 1 aliphatic heterocycles. The summed E-state index contributed by atoms with van der Waals surface area (Å²) in [6, 6.07) is 0.303. The van der Waals surface area contributed by atoms with E-state index in [-0.39, 0.29) is 6.04 Å². The second kappa shape index (κ2) is 7.40. The average Bonchev–Trinajstić information content (AvgIpc) is 2.89. The molecule has 1 fully saturated rings. The van der Waals surface area contributed by atoms with Crippen molar-refractivity contribution in [1.82, 2.24) is 19.9 Å². The third kappa shape index (κ3) is 4.18. The number of aromatic nitrogens is 2. The molecule has 0 radical (unpaired) electrons. The summed E-state index contributed by atoms with van der Waals surface area (Å²) in [5.74, 6) is 2.35. The zero-order valence-electron chi connectivity index (χ0n) is 12.6. The lowest BCUT2D eigenvalue weighted by molar-refractivity contribution is 0.113. The van der Waals surface area contributed by atoms with Gasteiger partial charge in [-0.1, -0.05) is 5.16 Å². The van der Waals surface area contributed by atoms with Crippen LogP contribution in [0.5, 0.6) is 0 Å². The van der Waals surface area contributed by atoms with E-state index in [2.05, 4.69) is 40.3 Å². The highest BCUT2D eigenvalue weighted by Gasteiger charge is 2.24. The molecule has 0 amide bonds. The van der Waals surface area contributed by atoms with Crippen LogP contribution in [0.2, 0.25) is 0 Å². The van der Waals surface area contributed by atoms with Crippen LogP contribution in [0.25, 0.3) is 0 Å². The van der Waals surface area contributed by atoms with Gasteiger partial charge >= 0.3 is 0 Å². The van der Waals surface area contributed by atoms with Crippen LogP contribution < -0.4 is 5.73 Å². The predicted octanol–water partition coefficient (Wildman–Crippen LogP) is 0.611. The second-order valence-electron chi connectivity index (χ2n) is 5.54. The number of rotatable bonds is 6. The lowest BCUT2D eigenvalue weighted by atomic mass is 10.1. The number of piperazine rings is 1. The highest BCUT2D eigenvalue weighted by molar-refractivity contribution is 7.98. The monoisotopic (exact) mass is 299 g/mol. The first-order valence-corrected chi connectivity index (χ1v) is 8.45. The van der Waals surface area contributed by atoms with Crippen molar-refractivity contribution in [2.75, 3.05) is 45.7 Å². The van der Waals surface area contributed by atoms with E-state index in [0.717, 1.165) is 44.1 Å². The lowest BCUT2D eigenvalue weighted by Crippen LogP contribution is -2.50. The van der Waals surface area contributed by atoms with Gasteiger partial charge in [0, 0.05) is 32.1 Å². The summed E-state index contributed by atoms with van der Waals surface area (Å²) in [6.07, 6.45) is 3.76. The number of nitrogens with two attached hydrogens (primary N) is 1. The third-order valence-corrected chi connectivity index (χ3v) is 4.48. The van der Waals surface area contributed by atoms with E-state index in [1.807, 2.05) is 0 Å². The molecule has 20 heavy (non-hydrogen) atoms. The summed E-state index contributed by atoms with van der Waals surface area (Å²) in [7, 11) is 4.31. The molecule has 1 saturated heterocycles. The fraction of sp³-hybridized carbons (Fsp3) is 0.846. The van der Waals surface area contributed by atoms with Crippen molar-refractivity contribution >= 4 is 11.8 Å². The molecule has 0 bridgehead atoms. The van der Waals surface area contributed by atoms with E-state index in [4.69, 9.17) is 10.3 Å². The Balaban J connectivity index is 1.91. The molecule has 0 saturated carbocycles. The van der Waals surface area contributed by atoms with Crippen LogP contribution in [-0.2, 0) is 6.42 Å². The van der Waals surface area contributed by atoms with Gasteiger partial charge in [0.05, 0.1) is 6.04 Å². The minimum absolute atomic E-state index is 0.143. The summed E-state index contributed by atoms with van der Waals surface area (Å²) >= 11 is 1.78. The maximum atomic E-state index is 6.05. The van der Waals surface area contributed by atoms with Crippen LogP contribution in [0, 0.1) is 0 Å². The van der Waals surface area contributed by atoms with E-state index in [1.165, 1.54) is 0 Å². The molecule has 1 aliphatic rings. The van der Waals surface area contributed by atoms with Gasteiger partial charge in [-0.3, -0.25) is 0 Å². The largest absolute Gasteiger partial charge is 0.338 e. The second-order valence-corrected chi connectivity index (χ2v) is 6.52. The van der Waals surface area contributed by atoms with Crippen molar-refractivity contribution < 1.29 is 4.52 Å². The topological polar surface area (TPSA) is 71.4 Å². The van der Waals surface area contributed by atoms with Gasteiger partial charge in [0.2, 0.25) is 5.89 Å². The molecule has 2 rings (SSSR count). The Hall–Kier alpha value is -0.630. The highest BCUT2D eigenvalue weighted by Crippen LogP contribution is 2.16. The third-order valence-electron chi connectivity index (χ3n) is 3.83. The number of likely N-dealkylation sites (N-methyl/N-ethyl adjacent to an activating group) is 2. The number of hydrogen-bond acceptors (Lipinski definition) is 7. The summed E-state index contributed by atoms with van der Waals surface area (Å²) < 4.78 is 5.30. The SMILES string of the molecule is CSCC[C@@H](N)c1nc(CC2CN(C)CCN2C)no1. The van der Waals surface area contributed by atoms with Crippen molar-refractivity contribution in [3.05, 3.63) is 11.7 Å². The Bertz CT molecular complexity index is 413. The van der Waals surface area contributed by atoms with Crippen LogP contribution in [0.4, 0.5) is 0 Å². The summed E-state index contributed by atoms with van der Waals surface area (Å²) in [5, 5.41) is 4.08. The molecular weight excluding hydrogens is 274 g/mol. The van der Waals surface area contributed by atoms with Crippen LogP contribution in [0.1, 0.15) is 24.2 Å². The van der Waals surface area contributed by atoms with Gasteiger partial charge in [0.1, 0.15) is 0 Å². The Morgan fingerprint density at radius 3 is 3.00 bits per heavy atom. The molecule has 2 heterocycles. The first kappa shape index (κ1) is 15.8. The van der Waals surface area contributed by atoms with Gasteiger partial charge in [0.15, 0.2) is 5.82 Å². The molecule has 0 aliphatic carbocycles. The Labute approximate surface area is 125 Å². The Kier molecular flexibility index (Phi) is 5.83. The molecule has 1 aromatic heterocycles. The minimum Gasteiger partial charge on any atom is -0.338 e.